The number of Topliss-reactive ketones (excluding diaryl/α,β-unsaturated/α-hetero) is 2. The van der Waals surface area contributed by atoms with Gasteiger partial charge in [0.05, 0.1) is 11.5 Å². The molecule has 3 atom stereocenters. The zero-order valence-corrected chi connectivity index (χ0v) is 18.5. The Balaban J connectivity index is 2.07. The van der Waals surface area contributed by atoms with Crippen LogP contribution in [0, 0.1) is 17.7 Å². The van der Waals surface area contributed by atoms with Gasteiger partial charge in [0.1, 0.15) is 17.5 Å². The van der Waals surface area contributed by atoms with Gasteiger partial charge in [-0.25, -0.2) is 4.39 Å². The molecule has 1 aliphatic rings. The molecular weight excluding hydrogens is 405 g/mol. The van der Waals surface area contributed by atoms with Crippen LogP contribution in [-0.2, 0) is 9.59 Å². The Morgan fingerprint density at radius 2 is 1.62 bits per heavy atom. The molecule has 3 unspecified atom stereocenters. The lowest BCUT2D eigenvalue weighted by molar-refractivity contribution is -0.137. The number of allylic oxidation sites excluding steroid dienone is 2. The molecule has 2 aromatic rings. The molecule has 1 amide bonds. The second-order valence-corrected chi connectivity index (χ2v) is 8.69. The maximum Gasteiger partial charge on any atom is 0.232 e. The summed E-state index contributed by atoms with van der Waals surface area (Å²) in [6.07, 6.45) is 8.15. The molecule has 0 bridgehead atoms. The molecule has 3 rings (SSSR count). The van der Waals surface area contributed by atoms with Crippen molar-refractivity contribution in [2.45, 2.75) is 38.6 Å². The monoisotopic (exact) mass is 433 g/mol. The molecule has 0 aromatic heterocycles. The van der Waals surface area contributed by atoms with Crippen LogP contribution in [0.2, 0.25) is 0 Å². The van der Waals surface area contributed by atoms with E-state index in [1.807, 2.05) is 37.3 Å². The van der Waals surface area contributed by atoms with Crippen LogP contribution in [0.5, 0.6) is 0 Å². The lowest BCUT2D eigenvalue weighted by Gasteiger charge is -2.33. The number of carbonyl (C=O) groups is 3. The maximum atomic E-state index is 13.6. The molecule has 0 fully saturated rings. The van der Waals surface area contributed by atoms with E-state index in [1.165, 1.54) is 24.3 Å². The lowest BCUT2D eigenvalue weighted by Crippen LogP contribution is -2.51. The smallest absolute Gasteiger partial charge is 0.232 e. The van der Waals surface area contributed by atoms with Crippen molar-refractivity contribution in [2.24, 2.45) is 11.8 Å². The third kappa shape index (κ3) is 5.28. The Morgan fingerprint density at radius 3 is 2.19 bits per heavy atom. The van der Waals surface area contributed by atoms with Gasteiger partial charge in [0.25, 0.3) is 0 Å². The highest BCUT2D eigenvalue weighted by Crippen LogP contribution is 2.33. The highest BCUT2D eigenvalue weighted by atomic mass is 19.1. The number of hydrogen-bond donors (Lipinski definition) is 1. The summed E-state index contributed by atoms with van der Waals surface area (Å²) in [5.74, 6) is -4.35. The van der Waals surface area contributed by atoms with Crippen LogP contribution in [-0.4, -0.2) is 23.0 Å². The van der Waals surface area contributed by atoms with Crippen LogP contribution in [0.3, 0.4) is 0 Å². The van der Waals surface area contributed by atoms with Gasteiger partial charge in [-0.2, -0.15) is 0 Å². The van der Waals surface area contributed by atoms with E-state index in [1.54, 1.807) is 38.1 Å². The fraction of sp³-hybridized carbons (Fsp3) is 0.296. The molecule has 1 N–H and O–H groups in total. The number of amides is 1. The molecule has 2 aromatic carbocycles. The normalized spacial score (nSPS) is 19.4. The van der Waals surface area contributed by atoms with E-state index in [0.29, 0.717) is 12.0 Å². The summed E-state index contributed by atoms with van der Waals surface area (Å²) in [5.41, 5.74) is 0.170. The van der Waals surface area contributed by atoms with Gasteiger partial charge in [0, 0.05) is 11.5 Å². The quantitative estimate of drug-likeness (QED) is 0.469. The van der Waals surface area contributed by atoms with Crippen LogP contribution >= 0.6 is 0 Å². The van der Waals surface area contributed by atoms with Crippen molar-refractivity contribution in [3.05, 3.63) is 95.8 Å². The first kappa shape index (κ1) is 23.3. The van der Waals surface area contributed by atoms with Gasteiger partial charge in [-0.3, -0.25) is 14.4 Å². The molecular formula is C27H28FNO3. The van der Waals surface area contributed by atoms with Gasteiger partial charge in [-0.1, -0.05) is 68.5 Å². The summed E-state index contributed by atoms with van der Waals surface area (Å²) < 4.78 is 13.5. The fourth-order valence-corrected chi connectivity index (χ4v) is 3.93. The molecule has 0 aliphatic heterocycles. The molecule has 0 heterocycles. The van der Waals surface area contributed by atoms with Crippen molar-refractivity contribution in [2.75, 3.05) is 0 Å². The van der Waals surface area contributed by atoms with Gasteiger partial charge in [0.2, 0.25) is 5.91 Å². The molecule has 0 saturated heterocycles. The van der Waals surface area contributed by atoms with E-state index in [4.69, 9.17) is 0 Å². The highest BCUT2D eigenvalue weighted by Gasteiger charge is 2.42. The minimum absolute atomic E-state index is 0.251. The molecule has 0 saturated carbocycles. The largest absolute Gasteiger partial charge is 0.346 e. The number of carbonyl (C=O) groups excluding carboxylic acids is 3. The molecule has 0 radical (unpaired) electrons. The van der Waals surface area contributed by atoms with Crippen molar-refractivity contribution >= 4 is 17.5 Å². The Hall–Kier alpha value is -3.34. The fourth-order valence-electron chi connectivity index (χ4n) is 3.93. The number of rotatable bonds is 8. The van der Waals surface area contributed by atoms with Crippen molar-refractivity contribution in [1.29, 1.82) is 0 Å². The Labute approximate surface area is 188 Å². The van der Waals surface area contributed by atoms with Gasteiger partial charge in [-0.15, -0.1) is 0 Å². The van der Waals surface area contributed by atoms with E-state index in [2.05, 4.69) is 5.32 Å². The third-order valence-electron chi connectivity index (χ3n) is 5.72. The summed E-state index contributed by atoms with van der Waals surface area (Å²) >= 11 is 0. The van der Waals surface area contributed by atoms with Gasteiger partial charge < -0.3 is 5.32 Å². The molecule has 5 heteroatoms. The predicted octanol–water partition coefficient (Wildman–Crippen LogP) is 5.02. The highest BCUT2D eigenvalue weighted by molar-refractivity contribution is 6.12. The zero-order chi connectivity index (χ0) is 23.3. The summed E-state index contributed by atoms with van der Waals surface area (Å²) in [6, 6.07) is 14.0. The summed E-state index contributed by atoms with van der Waals surface area (Å²) in [7, 11) is 0. The Kier molecular flexibility index (Phi) is 7.18. The maximum absolute atomic E-state index is 13.6. The second-order valence-electron chi connectivity index (χ2n) is 8.69. The van der Waals surface area contributed by atoms with E-state index in [-0.39, 0.29) is 11.3 Å². The Morgan fingerprint density at radius 1 is 0.969 bits per heavy atom. The number of ketones is 2. The zero-order valence-electron chi connectivity index (χ0n) is 18.5. The Bertz CT molecular complexity index is 1040. The first-order valence-corrected chi connectivity index (χ1v) is 10.8. The van der Waals surface area contributed by atoms with Crippen molar-refractivity contribution < 1.29 is 18.8 Å². The van der Waals surface area contributed by atoms with Gasteiger partial charge >= 0.3 is 0 Å². The van der Waals surface area contributed by atoms with E-state index >= 15 is 0 Å². The number of hydrogen-bond acceptors (Lipinski definition) is 3. The van der Waals surface area contributed by atoms with Crippen LogP contribution in [0.25, 0.3) is 0 Å². The number of benzene rings is 2. The van der Waals surface area contributed by atoms with E-state index < -0.39 is 40.8 Å². The standard InChI is InChI=1S/C27H28FNO3/c1-18(2)24(30)23(26(32)29-27(3)16-8-5-9-17-27)22(19-10-6-4-7-11-19)25(31)20-12-14-21(28)15-13-20/h4-16,18,22-23H,17H2,1-3H3,(H,29,32). The van der Waals surface area contributed by atoms with E-state index in [9.17, 15) is 18.8 Å². The second kappa shape index (κ2) is 9.86. The average Bonchev–Trinajstić information content (AvgIpc) is 2.77. The van der Waals surface area contributed by atoms with Crippen molar-refractivity contribution in [3.8, 4) is 0 Å². The van der Waals surface area contributed by atoms with Gasteiger partial charge in [0.15, 0.2) is 5.78 Å². The first-order chi connectivity index (χ1) is 15.2. The summed E-state index contributed by atoms with van der Waals surface area (Å²) in [6.45, 7) is 5.32. The molecule has 0 spiro atoms. The van der Waals surface area contributed by atoms with Crippen molar-refractivity contribution in [1.82, 2.24) is 5.32 Å². The SMILES string of the molecule is CC(C)C(=O)C(C(=O)NC1(C)C=CC=CC1)C(C(=O)c1ccc(F)cc1)c1ccccc1. The van der Waals surface area contributed by atoms with Crippen LogP contribution in [0.15, 0.2) is 78.9 Å². The van der Waals surface area contributed by atoms with Crippen LogP contribution in [0.1, 0.15) is 49.0 Å². The predicted molar refractivity (Wildman–Crippen MR) is 123 cm³/mol. The molecule has 4 nitrogen and oxygen atoms in total. The topological polar surface area (TPSA) is 63.2 Å². The van der Waals surface area contributed by atoms with E-state index in [0.717, 1.165) is 0 Å². The molecule has 32 heavy (non-hydrogen) atoms. The van der Waals surface area contributed by atoms with Crippen molar-refractivity contribution in [3.63, 3.8) is 0 Å². The minimum Gasteiger partial charge on any atom is -0.346 e. The van der Waals surface area contributed by atoms with Crippen LogP contribution < -0.4 is 5.32 Å². The molecule has 1 aliphatic carbocycles. The van der Waals surface area contributed by atoms with Gasteiger partial charge in [-0.05, 0) is 43.2 Å². The molecule has 166 valence electrons. The first-order valence-electron chi connectivity index (χ1n) is 10.8. The summed E-state index contributed by atoms with van der Waals surface area (Å²) in [5, 5.41) is 2.99. The average molecular weight is 434 g/mol. The minimum atomic E-state index is -1.22. The number of nitrogens with one attached hydrogen (secondary N) is 1. The number of halogens is 1. The summed E-state index contributed by atoms with van der Waals surface area (Å²) in [4.78, 5) is 40.5. The lowest BCUT2D eigenvalue weighted by atomic mass is 9.75. The third-order valence-corrected chi connectivity index (χ3v) is 5.72. The van der Waals surface area contributed by atoms with Crippen LogP contribution in [0.4, 0.5) is 4.39 Å².